The van der Waals surface area contributed by atoms with Crippen LogP contribution in [0.2, 0.25) is 0 Å². The van der Waals surface area contributed by atoms with Crippen LogP contribution in [0, 0.1) is 6.92 Å². The largest absolute Gasteiger partial charge is 0.493 e. The van der Waals surface area contributed by atoms with Crippen molar-refractivity contribution in [3.63, 3.8) is 0 Å². The van der Waals surface area contributed by atoms with Gasteiger partial charge in [0.1, 0.15) is 5.76 Å². The first-order valence-electron chi connectivity index (χ1n) is 6.32. The number of methoxy groups -OCH3 is 1. The Labute approximate surface area is 117 Å². The second-order valence-electron chi connectivity index (χ2n) is 4.16. The van der Waals surface area contributed by atoms with E-state index in [0.717, 1.165) is 0 Å². The maximum Gasteiger partial charge on any atom is 0.291 e. The highest BCUT2D eigenvalue weighted by molar-refractivity contribution is 6.02. The van der Waals surface area contributed by atoms with Gasteiger partial charge in [-0.15, -0.1) is 0 Å². The van der Waals surface area contributed by atoms with Crippen molar-refractivity contribution in [2.24, 2.45) is 0 Å². The number of rotatable bonds is 5. The molecule has 1 N–H and O–H groups in total. The summed E-state index contributed by atoms with van der Waals surface area (Å²) < 4.78 is 15.9. The molecule has 2 rings (SSSR count). The number of nitrogens with one attached hydrogen (secondary N) is 1. The van der Waals surface area contributed by atoms with E-state index in [1.165, 1.54) is 0 Å². The van der Waals surface area contributed by atoms with Gasteiger partial charge in [0.2, 0.25) is 0 Å². The quantitative estimate of drug-likeness (QED) is 0.910. The summed E-state index contributed by atoms with van der Waals surface area (Å²) in [4.78, 5) is 12.0. The predicted octanol–water partition coefficient (Wildman–Crippen LogP) is 3.25. The molecule has 106 valence electrons. The van der Waals surface area contributed by atoms with Crippen LogP contribution in [0.5, 0.6) is 11.5 Å². The Morgan fingerprint density at radius 2 is 2.05 bits per heavy atom. The fourth-order valence-corrected chi connectivity index (χ4v) is 1.77. The standard InChI is InChI=1S/C15H17NO4/c1-4-19-12-8-6-11(9-14(12)18-3)16-15(17)13-7-5-10(2)20-13/h5-9H,4H2,1-3H3,(H,16,17). The Kier molecular flexibility index (Phi) is 4.30. The molecule has 1 aromatic heterocycles. The van der Waals surface area contributed by atoms with Gasteiger partial charge in [-0.2, -0.15) is 0 Å². The molecule has 0 aliphatic carbocycles. The third-order valence-electron chi connectivity index (χ3n) is 2.69. The highest BCUT2D eigenvalue weighted by Crippen LogP contribution is 2.30. The topological polar surface area (TPSA) is 60.7 Å². The number of hydrogen-bond donors (Lipinski definition) is 1. The average Bonchev–Trinajstić information content (AvgIpc) is 2.87. The molecule has 1 heterocycles. The van der Waals surface area contributed by atoms with Crippen molar-refractivity contribution in [3.8, 4) is 11.5 Å². The van der Waals surface area contributed by atoms with Gasteiger partial charge in [0, 0.05) is 11.8 Å². The van der Waals surface area contributed by atoms with Gasteiger partial charge in [0.05, 0.1) is 13.7 Å². The molecule has 2 aromatic rings. The van der Waals surface area contributed by atoms with E-state index in [-0.39, 0.29) is 11.7 Å². The summed E-state index contributed by atoms with van der Waals surface area (Å²) in [5, 5.41) is 2.75. The Hall–Kier alpha value is -2.43. The van der Waals surface area contributed by atoms with Crippen molar-refractivity contribution >= 4 is 11.6 Å². The summed E-state index contributed by atoms with van der Waals surface area (Å²) in [6, 6.07) is 8.59. The van der Waals surface area contributed by atoms with E-state index < -0.39 is 0 Å². The normalized spacial score (nSPS) is 10.2. The lowest BCUT2D eigenvalue weighted by molar-refractivity contribution is 0.0995. The zero-order valence-electron chi connectivity index (χ0n) is 11.7. The number of ether oxygens (including phenoxy) is 2. The monoisotopic (exact) mass is 275 g/mol. The van der Waals surface area contributed by atoms with Crippen molar-refractivity contribution in [3.05, 3.63) is 41.9 Å². The second kappa shape index (κ2) is 6.14. The Morgan fingerprint density at radius 1 is 1.25 bits per heavy atom. The molecular weight excluding hydrogens is 258 g/mol. The third kappa shape index (κ3) is 3.12. The minimum Gasteiger partial charge on any atom is -0.493 e. The maximum atomic E-state index is 12.0. The van der Waals surface area contributed by atoms with Gasteiger partial charge < -0.3 is 19.2 Å². The molecule has 0 unspecified atom stereocenters. The molecule has 5 nitrogen and oxygen atoms in total. The van der Waals surface area contributed by atoms with E-state index in [1.807, 2.05) is 6.92 Å². The van der Waals surface area contributed by atoms with Crippen LogP contribution in [0.3, 0.4) is 0 Å². The van der Waals surface area contributed by atoms with E-state index in [0.29, 0.717) is 29.6 Å². The third-order valence-corrected chi connectivity index (χ3v) is 2.69. The molecule has 0 radical (unpaired) electrons. The van der Waals surface area contributed by atoms with Crippen molar-refractivity contribution in [1.29, 1.82) is 0 Å². The highest BCUT2D eigenvalue weighted by atomic mass is 16.5. The molecule has 0 atom stereocenters. The van der Waals surface area contributed by atoms with Crippen molar-refractivity contribution < 1.29 is 18.7 Å². The van der Waals surface area contributed by atoms with Gasteiger partial charge in [0.25, 0.3) is 5.91 Å². The maximum absolute atomic E-state index is 12.0. The summed E-state index contributed by atoms with van der Waals surface area (Å²) in [5.41, 5.74) is 0.615. The lowest BCUT2D eigenvalue weighted by Crippen LogP contribution is -2.11. The number of aryl methyl sites for hydroxylation is 1. The summed E-state index contributed by atoms with van der Waals surface area (Å²) in [6.45, 7) is 4.23. The van der Waals surface area contributed by atoms with Crippen molar-refractivity contribution in [2.75, 3.05) is 19.0 Å². The Bertz CT molecular complexity index is 604. The summed E-state index contributed by atoms with van der Waals surface area (Å²) in [7, 11) is 1.55. The van der Waals surface area contributed by atoms with Crippen LogP contribution < -0.4 is 14.8 Å². The van der Waals surface area contributed by atoms with E-state index in [2.05, 4.69) is 5.32 Å². The second-order valence-corrected chi connectivity index (χ2v) is 4.16. The molecule has 5 heteroatoms. The van der Waals surface area contributed by atoms with E-state index >= 15 is 0 Å². The molecule has 0 spiro atoms. The molecule has 0 saturated heterocycles. The van der Waals surface area contributed by atoms with Crippen LogP contribution in [-0.4, -0.2) is 19.6 Å². The van der Waals surface area contributed by atoms with Gasteiger partial charge in [-0.3, -0.25) is 4.79 Å². The average molecular weight is 275 g/mol. The first kappa shape index (κ1) is 14.0. The number of hydrogen-bond acceptors (Lipinski definition) is 4. The SMILES string of the molecule is CCOc1ccc(NC(=O)c2ccc(C)o2)cc1OC. The number of anilines is 1. The molecule has 0 aliphatic heterocycles. The van der Waals surface area contributed by atoms with Crippen LogP contribution in [0.25, 0.3) is 0 Å². The number of benzene rings is 1. The summed E-state index contributed by atoms with van der Waals surface area (Å²) in [5.74, 6) is 1.88. The van der Waals surface area contributed by atoms with Crippen LogP contribution in [0.1, 0.15) is 23.2 Å². The number of amides is 1. The molecule has 0 aliphatic rings. The molecule has 0 saturated carbocycles. The minimum absolute atomic E-state index is 0.273. The molecule has 1 aromatic carbocycles. The summed E-state index contributed by atoms with van der Waals surface area (Å²) in [6.07, 6.45) is 0. The van der Waals surface area contributed by atoms with E-state index in [9.17, 15) is 4.79 Å². The van der Waals surface area contributed by atoms with E-state index in [1.54, 1.807) is 44.4 Å². The van der Waals surface area contributed by atoms with Crippen LogP contribution in [0.15, 0.2) is 34.7 Å². The first-order chi connectivity index (χ1) is 9.63. The van der Waals surface area contributed by atoms with Crippen LogP contribution >= 0.6 is 0 Å². The van der Waals surface area contributed by atoms with Crippen molar-refractivity contribution in [1.82, 2.24) is 0 Å². The van der Waals surface area contributed by atoms with Crippen LogP contribution in [-0.2, 0) is 0 Å². The lowest BCUT2D eigenvalue weighted by atomic mass is 10.2. The lowest BCUT2D eigenvalue weighted by Gasteiger charge is -2.11. The molecule has 20 heavy (non-hydrogen) atoms. The fraction of sp³-hybridized carbons (Fsp3) is 0.267. The molecular formula is C15H17NO4. The van der Waals surface area contributed by atoms with Gasteiger partial charge in [-0.05, 0) is 38.1 Å². The molecule has 0 bridgehead atoms. The minimum atomic E-state index is -0.302. The zero-order valence-corrected chi connectivity index (χ0v) is 11.7. The van der Waals surface area contributed by atoms with Crippen LogP contribution in [0.4, 0.5) is 5.69 Å². The Balaban J connectivity index is 2.15. The number of carbonyl (C=O) groups excluding carboxylic acids is 1. The van der Waals surface area contributed by atoms with Gasteiger partial charge in [-0.1, -0.05) is 0 Å². The number of furan rings is 1. The first-order valence-corrected chi connectivity index (χ1v) is 6.32. The predicted molar refractivity (Wildman–Crippen MR) is 75.6 cm³/mol. The molecule has 0 fully saturated rings. The van der Waals surface area contributed by atoms with Gasteiger partial charge in [0.15, 0.2) is 17.3 Å². The van der Waals surface area contributed by atoms with E-state index in [4.69, 9.17) is 13.9 Å². The smallest absolute Gasteiger partial charge is 0.291 e. The van der Waals surface area contributed by atoms with Crippen molar-refractivity contribution in [2.45, 2.75) is 13.8 Å². The molecule has 1 amide bonds. The number of carbonyl (C=O) groups is 1. The highest BCUT2D eigenvalue weighted by Gasteiger charge is 2.12. The van der Waals surface area contributed by atoms with Gasteiger partial charge in [-0.25, -0.2) is 0 Å². The Morgan fingerprint density at radius 3 is 2.65 bits per heavy atom. The fourth-order valence-electron chi connectivity index (χ4n) is 1.77. The summed E-state index contributed by atoms with van der Waals surface area (Å²) >= 11 is 0. The zero-order chi connectivity index (χ0) is 14.5. The van der Waals surface area contributed by atoms with Gasteiger partial charge >= 0.3 is 0 Å².